The fourth-order valence-corrected chi connectivity index (χ4v) is 6.31. The molecule has 0 fully saturated rings. The quantitative estimate of drug-likeness (QED) is 0.212. The normalized spacial score (nSPS) is 12.7. The molecule has 0 aromatic heterocycles. The van der Waals surface area contributed by atoms with Crippen molar-refractivity contribution >= 4 is 39.3 Å². The fourth-order valence-electron chi connectivity index (χ4n) is 4.48. The minimum Gasteiger partial charge on any atom is -0.492 e. The molecule has 0 aliphatic rings. The second kappa shape index (κ2) is 15.8. The first-order valence-electron chi connectivity index (χ1n) is 14.3. The lowest BCUT2D eigenvalue weighted by Crippen LogP contribution is -2.53. The molecule has 0 bridgehead atoms. The Morgan fingerprint density at radius 1 is 0.953 bits per heavy atom. The SMILES string of the molecule is CCOc1ccccc1N(CC(=O)N(Cc1ccc(F)cc1)[C@H](CC)C(=O)N[C@H](C)CC)S(=O)(=O)c1ccc(SC)cc1. The highest BCUT2D eigenvalue weighted by atomic mass is 32.2. The van der Waals surface area contributed by atoms with Crippen molar-refractivity contribution in [2.75, 3.05) is 23.7 Å². The lowest BCUT2D eigenvalue weighted by atomic mass is 10.1. The Bertz CT molecular complexity index is 1470. The summed E-state index contributed by atoms with van der Waals surface area (Å²) in [5.41, 5.74) is 0.798. The van der Waals surface area contributed by atoms with Gasteiger partial charge in [-0.15, -0.1) is 11.8 Å². The van der Waals surface area contributed by atoms with Gasteiger partial charge in [0.05, 0.1) is 17.2 Å². The maximum Gasteiger partial charge on any atom is 0.264 e. The van der Waals surface area contributed by atoms with Crippen LogP contribution < -0.4 is 14.4 Å². The first-order valence-corrected chi connectivity index (χ1v) is 16.9. The van der Waals surface area contributed by atoms with Crippen molar-refractivity contribution in [1.82, 2.24) is 10.2 Å². The monoisotopic (exact) mass is 629 g/mol. The summed E-state index contributed by atoms with van der Waals surface area (Å²) in [6, 6.07) is 17.7. The van der Waals surface area contributed by atoms with Crippen molar-refractivity contribution in [2.24, 2.45) is 0 Å². The third-order valence-electron chi connectivity index (χ3n) is 7.01. The third-order valence-corrected chi connectivity index (χ3v) is 9.53. The van der Waals surface area contributed by atoms with Gasteiger partial charge in [0.15, 0.2) is 0 Å². The Hall–Kier alpha value is -3.57. The van der Waals surface area contributed by atoms with Crippen molar-refractivity contribution in [2.45, 2.75) is 69.0 Å². The number of amides is 2. The van der Waals surface area contributed by atoms with Gasteiger partial charge in [-0.1, -0.05) is 38.1 Å². The van der Waals surface area contributed by atoms with E-state index < -0.39 is 34.3 Å². The van der Waals surface area contributed by atoms with Gasteiger partial charge in [-0.2, -0.15) is 0 Å². The van der Waals surface area contributed by atoms with Crippen LogP contribution in [0.25, 0.3) is 0 Å². The summed E-state index contributed by atoms with van der Waals surface area (Å²) in [6.45, 7) is 7.06. The number of rotatable bonds is 15. The van der Waals surface area contributed by atoms with Gasteiger partial charge in [0.25, 0.3) is 10.0 Å². The minimum absolute atomic E-state index is 0.0102. The van der Waals surface area contributed by atoms with Crippen molar-refractivity contribution in [3.63, 3.8) is 0 Å². The summed E-state index contributed by atoms with van der Waals surface area (Å²) in [7, 11) is -4.26. The molecule has 0 saturated heterocycles. The maximum atomic E-state index is 14.2. The number of nitrogens with zero attached hydrogens (tertiary/aromatic N) is 2. The molecule has 0 aliphatic carbocycles. The number of benzene rings is 3. The predicted molar refractivity (Wildman–Crippen MR) is 169 cm³/mol. The highest BCUT2D eigenvalue weighted by Gasteiger charge is 2.35. The van der Waals surface area contributed by atoms with Crippen molar-refractivity contribution in [1.29, 1.82) is 0 Å². The first kappa shape index (κ1) is 33.9. The second-order valence-electron chi connectivity index (χ2n) is 9.98. The van der Waals surface area contributed by atoms with E-state index >= 15 is 0 Å². The molecule has 8 nitrogen and oxygen atoms in total. The highest BCUT2D eigenvalue weighted by Crippen LogP contribution is 2.33. The van der Waals surface area contributed by atoms with Gasteiger partial charge in [0.2, 0.25) is 11.8 Å². The van der Waals surface area contributed by atoms with E-state index in [2.05, 4.69) is 5.32 Å². The van der Waals surface area contributed by atoms with E-state index in [-0.39, 0.29) is 42.1 Å². The number of carbonyl (C=O) groups excluding carboxylic acids is 2. The smallest absolute Gasteiger partial charge is 0.264 e. The number of sulfonamides is 1. The Morgan fingerprint density at radius 3 is 2.19 bits per heavy atom. The summed E-state index contributed by atoms with van der Waals surface area (Å²) in [4.78, 5) is 29.9. The lowest BCUT2D eigenvalue weighted by Gasteiger charge is -2.34. The van der Waals surface area contributed by atoms with E-state index in [0.29, 0.717) is 17.7 Å². The molecule has 3 rings (SSSR count). The molecule has 0 saturated carbocycles. The number of para-hydroxylation sites is 2. The van der Waals surface area contributed by atoms with E-state index in [4.69, 9.17) is 4.74 Å². The number of anilines is 1. The highest BCUT2D eigenvalue weighted by molar-refractivity contribution is 7.98. The zero-order valence-corrected chi connectivity index (χ0v) is 26.9. The minimum atomic E-state index is -4.26. The van der Waals surface area contributed by atoms with Gasteiger partial charge in [0, 0.05) is 17.5 Å². The summed E-state index contributed by atoms with van der Waals surface area (Å²) in [5.74, 6) is -1.07. The molecule has 3 aromatic carbocycles. The number of carbonyl (C=O) groups is 2. The fraction of sp³-hybridized carbons (Fsp3) is 0.375. The number of hydrogen-bond donors (Lipinski definition) is 1. The average molecular weight is 630 g/mol. The molecule has 11 heteroatoms. The van der Waals surface area contributed by atoms with Gasteiger partial charge in [-0.05, 0) is 87.0 Å². The molecule has 1 N–H and O–H groups in total. The lowest BCUT2D eigenvalue weighted by molar-refractivity contribution is -0.140. The Labute approximate surface area is 258 Å². The molecular weight excluding hydrogens is 590 g/mol. The number of ether oxygens (including phenoxy) is 1. The second-order valence-corrected chi connectivity index (χ2v) is 12.7. The van der Waals surface area contributed by atoms with Crippen molar-refractivity contribution in [3.8, 4) is 5.75 Å². The van der Waals surface area contributed by atoms with Gasteiger partial charge in [0.1, 0.15) is 24.2 Å². The standard InChI is InChI=1S/C32H40FN3O5S2/c1-6-23(4)34-32(38)28(7-2)35(21-24-13-15-25(33)16-14-24)31(37)22-36(29-11-9-10-12-30(29)41-8-3)43(39,40)27-19-17-26(42-5)18-20-27/h9-20,23,28H,6-8,21-22H2,1-5H3,(H,34,38)/t23-,28-/m1/s1. The van der Waals surface area contributed by atoms with E-state index in [1.54, 1.807) is 62.4 Å². The Balaban J connectivity index is 2.11. The zero-order chi connectivity index (χ0) is 31.6. The van der Waals surface area contributed by atoms with Crippen LogP contribution in [-0.2, 0) is 26.2 Å². The van der Waals surface area contributed by atoms with E-state index in [0.717, 1.165) is 9.20 Å². The molecule has 2 atom stereocenters. The van der Waals surface area contributed by atoms with Gasteiger partial charge in [-0.25, -0.2) is 12.8 Å². The Morgan fingerprint density at radius 2 is 1.60 bits per heavy atom. The molecule has 0 heterocycles. The van der Waals surface area contributed by atoms with Crippen molar-refractivity contribution < 1.29 is 27.1 Å². The van der Waals surface area contributed by atoms with E-state index in [1.807, 2.05) is 20.1 Å². The number of hydrogen-bond acceptors (Lipinski definition) is 6. The molecule has 3 aromatic rings. The molecule has 232 valence electrons. The topological polar surface area (TPSA) is 96.0 Å². The van der Waals surface area contributed by atoms with Gasteiger partial charge in [-0.3, -0.25) is 13.9 Å². The summed E-state index contributed by atoms with van der Waals surface area (Å²) in [6.07, 6.45) is 2.88. The molecule has 2 amide bonds. The van der Waals surface area contributed by atoms with Crippen LogP contribution in [0.1, 0.15) is 46.1 Å². The molecule has 43 heavy (non-hydrogen) atoms. The summed E-state index contributed by atoms with van der Waals surface area (Å²) in [5, 5.41) is 2.94. The van der Waals surface area contributed by atoms with Gasteiger partial charge >= 0.3 is 0 Å². The first-order chi connectivity index (χ1) is 20.5. The van der Waals surface area contributed by atoms with Crippen molar-refractivity contribution in [3.05, 3.63) is 84.2 Å². The number of thioether (sulfide) groups is 1. The molecular formula is C32H40FN3O5S2. The van der Waals surface area contributed by atoms with Crippen LogP contribution in [0.2, 0.25) is 0 Å². The zero-order valence-electron chi connectivity index (χ0n) is 25.2. The molecule has 0 unspecified atom stereocenters. The number of halogens is 1. The van der Waals surface area contributed by atoms with Crippen LogP contribution in [0.5, 0.6) is 5.75 Å². The summed E-state index contributed by atoms with van der Waals surface area (Å²) >= 11 is 1.48. The largest absolute Gasteiger partial charge is 0.492 e. The maximum absolute atomic E-state index is 14.2. The van der Waals surface area contributed by atoms with Crippen LogP contribution in [0, 0.1) is 5.82 Å². The Kier molecular flexibility index (Phi) is 12.4. The number of nitrogens with one attached hydrogen (secondary N) is 1. The summed E-state index contributed by atoms with van der Waals surface area (Å²) < 4.78 is 48.8. The van der Waals surface area contributed by atoms with Crippen LogP contribution in [0.15, 0.2) is 82.6 Å². The average Bonchev–Trinajstić information content (AvgIpc) is 3.01. The molecule has 0 spiro atoms. The van der Waals surface area contributed by atoms with Gasteiger partial charge < -0.3 is 15.0 Å². The van der Waals surface area contributed by atoms with Crippen LogP contribution in [-0.4, -0.2) is 56.6 Å². The van der Waals surface area contributed by atoms with E-state index in [1.165, 1.54) is 40.9 Å². The van der Waals surface area contributed by atoms with Crippen LogP contribution in [0.3, 0.4) is 0 Å². The molecule has 0 aliphatic heterocycles. The third kappa shape index (κ3) is 8.73. The predicted octanol–water partition coefficient (Wildman–Crippen LogP) is 5.86. The van der Waals surface area contributed by atoms with Crippen LogP contribution in [0.4, 0.5) is 10.1 Å². The molecule has 0 radical (unpaired) electrons. The van der Waals surface area contributed by atoms with E-state index in [9.17, 15) is 22.4 Å². The van der Waals surface area contributed by atoms with Crippen LogP contribution >= 0.6 is 11.8 Å².